The molecule has 140 valence electrons. The largest absolute Gasteiger partial charge is 0.493 e. The maximum absolute atomic E-state index is 12.6. The summed E-state index contributed by atoms with van der Waals surface area (Å²) in [5, 5.41) is 3.09. The van der Waals surface area contributed by atoms with Crippen LogP contribution in [0.2, 0.25) is 0 Å². The van der Waals surface area contributed by atoms with E-state index in [1.807, 2.05) is 24.0 Å². The summed E-state index contributed by atoms with van der Waals surface area (Å²) in [5.74, 6) is 1.73. The Morgan fingerprint density at radius 1 is 0.960 bits per heavy atom. The SMILES string of the molecule is COc1cc(C(C)NC(=O)N2CCCCCCC2)cc(OC)c1OC. The van der Waals surface area contributed by atoms with Gasteiger partial charge in [0, 0.05) is 13.1 Å². The number of nitrogens with one attached hydrogen (secondary N) is 1. The third kappa shape index (κ3) is 4.94. The minimum atomic E-state index is -0.161. The van der Waals surface area contributed by atoms with Crippen LogP contribution in [0.25, 0.3) is 0 Å². The lowest BCUT2D eigenvalue weighted by atomic mass is 10.1. The molecule has 1 unspecified atom stereocenters. The van der Waals surface area contributed by atoms with Crippen molar-refractivity contribution in [1.29, 1.82) is 0 Å². The summed E-state index contributed by atoms with van der Waals surface area (Å²) in [7, 11) is 4.75. The Labute approximate surface area is 150 Å². The summed E-state index contributed by atoms with van der Waals surface area (Å²) in [5.41, 5.74) is 0.912. The van der Waals surface area contributed by atoms with Gasteiger partial charge in [-0.15, -0.1) is 0 Å². The minimum absolute atomic E-state index is 0.0110. The first-order chi connectivity index (χ1) is 12.1. The number of likely N-dealkylation sites (tertiary alicyclic amines) is 1. The fraction of sp³-hybridized carbons (Fsp3) is 0.632. The van der Waals surface area contributed by atoms with Crippen molar-refractivity contribution in [3.05, 3.63) is 17.7 Å². The van der Waals surface area contributed by atoms with Crippen LogP contribution in [0, 0.1) is 0 Å². The number of ether oxygens (including phenoxy) is 3. The van der Waals surface area contributed by atoms with E-state index in [4.69, 9.17) is 14.2 Å². The van der Waals surface area contributed by atoms with Crippen LogP contribution in [-0.4, -0.2) is 45.3 Å². The number of urea groups is 1. The number of nitrogens with zero attached hydrogens (tertiary/aromatic N) is 1. The lowest BCUT2D eigenvalue weighted by Gasteiger charge is -2.27. The molecule has 6 heteroatoms. The van der Waals surface area contributed by atoms with Crippen LogP contribution in [0.1, 0.15) is 50.6 Å². The molecule has 1 saturated heterocycles. The zero-order chi connectivity index (χ0) is 18.2. The summed E-state index contributed by atoms with van der Waals surface area (Å²) < 4.78 is 16.1. The quantitative estimate of drug-likeness (QED) is 0.879. The highest BCUT2D eigenvalue weighted by Gasteiger charge is 2.20. The van der Waals surface area contributed by atoms with Gasteiger partial charge in [-0.2, -0.15) is 0 Å². The van der Waals surface area contributed by atoms with Crippen LogP contribution in [0.3, 0.4) is 0 Å². The van der Waals surface area contributed by atoms with Crippen molar-refractivity contribution in [3.63, 3.8) is 0 Å². The summed E-state index contributed by atoms with van der Waals surface area (Å²) in [6.45, 7) is 3.62. The summed E-state index contributed by atoms with van der Waals surface area (Å²) in [6.07, 6.45) is 5.83. The van der Waals surface area contributed by atoms with Gasteiger partial charge >= 0.3 is 6.03 Å². The van der Waals surface area contributed by atoms with E-state index >= 15 is 0 Å². The molecule has 1 N–H and O–H groups in total. The van der Waals surface area contributed by atoms with Crippen LogP contribution in [0.5, 0.6) is 17.2 Å². The van der Waals surface area contributed by atoms with Crippen molar-refractivity contribution >= 4 is 6.03 Å². The number of hydrogen-bond acceptors (Lipinski definition) is 4. The third-order valence-electron chi connectivity index (χ3n) is 4.67. The number of benzene rings is 1. The first-order valence-electron chi connectivity index (χ1n) is 8.96. The van der Waals surface area contributed by atoms with Crippen molar-refractivity contribution in [1.82, 2.24) is 10.2 Å². The molecular formula is C19H30N2O4. The highest BCUT2D eigenvalue weighted by molar-refractivity contribution is 5.74. The van der Waals surface area contributed by atoms with Gasteiger partial charge < -0.3 is 24.4 Å². The molecular weight excluding hydrogens is 320 g/mol. The molecule has 0 radical (unpaired) electrons. The van der Waals surface area contributed by atoms with Gasteiger partial charge in [0.15, 0.2) is 11.5 Å². The van der Waals surface area contributed by atoms with Crippen molar-refractivity contribution in [2.45, 2.75) is 45.1 Å². The molecule has 1 fully saturated rings. The lowest BCUT2D eigenvalue weighted by molar-refractivity contribution is 0.189. The van der Waals surface area contributed by atoms with Crippen molar-refractivity contribution in [2.75, 3.05) is 34.4 Å². The zero-order valence-electron chi connectivity index (χ0n) is 15.8. The Bertz CT molecular complexity index is 544. The van der Waals surface area contributed by atoms with E-state index in [1.54, 1.807) is 21.3 Å². The Morgan fingerprint density at radius 2 is 1.48 bits per heavy atom. The minimum Gasteiger partial charge on any atom is -0.493 e. The summed E-state index contributed by atoms with van der Waals surface area (Å²) in [4.78, 5) is 14.5. The molecule has 1 heterocycles. The van der Waals surface area contributed by atoms with E-state index in [0.717, 1.165) is 31.5 Å². The Kier molecular flexibility index (Phi) is 7.22. The van der Waals surface area contributed by atoms with Gasteiger partial charge in [0.05, 0.1) is 27.4 Å². The van der Waals surface area contributed by atoms with Crippen LogP contribution in [0.4, 0.5) is 4.79 Å². The second-order valence-electron chi connectivity index (χ2n) is 6.38. The molecule has 1 atom stereocenters. The van der Waals surface area contributed by atoms with Gasteiger partial charge in [0.25, 0.3) is 0 Å². The molecule has 2 amide bonds. The molecule has 0 spiro atoms. The molecule has 1 aliphatic rings. The average molecular weight is 350 g/mol. The van der Waals surface area contributed by atoms with Gasteiger partial charge in [-0.05, 0) is 37.5 Å². The molecule has 0 aliphatic carbocycles. The molecule has 1 aliphatic heterocycles. The Hall–Kier alpha value is -2.11. The van der Waals surface area contributed by atoms with E-state index in [-0.39, 0.29) is 12.1 Å². The molecule has 0 aromatic heterocycles. The highest BCUT2D eigenvalue weighted by Crippen LogP contribution is 2.39. The second-order valence-corrected chi connectivity index (χ2v) is 6.38. The number of methoxy groups -OCH3 is 3. The van der Waals surface area contributed by atoms with Crippen LogP contribution in [0.15, 0.2) is 12.1 Å². The van der Waals surface area contributed by atoms with Gasteiger partial charge in [-0.25, -0.2) is 4.79 Å². The zero-order valence-corrected chi connectivity index (χ0v) is 15.8. The summed E-state index contributed by atoms with van der Waals surface area (Å²) >= 11 is 0. The fourth-order valence-electron chi connectivity index (χ4n) is 3.16. The predicted molar refractivity (Wildman–Crippen MR) is 97.7 cm³/mol. The molecule has 0 bridgehead atoms. The fourth-order valence-corrected chi connectivity index (χ4v) is 3.16. The number of amides is 2. The number of carbonyl (C=O) groups is 1. The molecule has 0 saturated carbocycles. The Morgan fingerprint density at radius 3 is 1.96 bits per heavy atom. The van der Waals surface area contributed by atoms with Crippen molar-refractivity contribution in [3.8, 4) is 17.2 Å². The van der Waals surface area contributed by atoms with Crippen molar-refractivity contribution < 1.29 is 19.0 Å². The molecule has 6 nitrogen and oxygen atoms in total. The van der Waals surface area contributed by atoms with Crippen LogP contribution >= 0.6 is 0 Å². The van der Waals surface area contributed by atoms with E-state index in [1.165, 1.54) is 19.3 Å². The Balaban J connectivity index is 2.11. The molecule has 2 rings (SSSR count). The van der Waals surface area contributed by atoms with Gasteiger partial charge in [0.1, 0.15) is 0 Å². The average Bonchev–Trinajstić information content (AvgIpc) is 2.59. The molecule has 1 aromatic carbocycles. The number of carbonyl (C=O) groups excluding carboxylic acids is 1. The van der Waals surface area contributed by atoms with E-state index in [9.17, 15) is 4.79 Å². The monoisotopic (exact) mass is 350 g/mol. The molecule has 25 heavy (non-hydrogen) atoms. The highest BCUT2D eigenvalue weighted by atomic mass is 16.5. The first kappa shape index (κ1) is 19.2. The van der Waals surface area contributed by atoms with Gasteiger partial charge in [0.2, 0.25) is 5.75 Å². The smallest absolute Gasteiger partial charge is 0.317 e. The van der Waals surface area contributed by atoms with Crippen LogP contribution in [-0.2, 0) is 0 Å². The van der Waals surface area contributed by atoms with Crippen LogP contribution < -0.4 is 19.5 Å². The maximum atomic E-state index is 12.6. The van der Waals surface area contributed by atoms with E-state index < -0.39 is 0 Å². The topological polar surface area (TPSA) is 60.0 Å². The molecule has 1 aromatic rings. The second kappa shape index (κ2) is 9.39. The maximum Gasteiger partial charge on any atom is 0.317 e. The van der Waals surface area contributed by atoms with E-state index in [0.29, 0.717) is 17.2 Å². The summed E-state index contributed by atoms with van der Waals surface area (Å²) in [6, 6.07) is 3.58. The van der Waals surface area contributed by atoms with Gasteiger partial charge in [-0.3, -0.25) is 0 Å². The first-order valence-corrected chi connectivity index (χ1v) is 8.96. The number of rotatable bonds is 5. The normalized spacial score (nSPS) is 16.4. The van der Waals surface area contributed by atoms with Crippen molar-refractivity contribution in [2.24, 2.45) is 0 Å². The van der Waals surface area contributed by atoms with Gasteiger partial charge in [-0.1, -0.05) is 19.3 Å². The third-order valence-corrected chi connectivity index (χ3v) is 4.67. The lowest BCUT2D eigenvalue weighted by Crippen LogP contribution is -2.42. The predicted octanol–water partition coefficient (Wildman–Crippen LogP) is 3.75. The number of hydrogen-bond donors (Lipinski definition) is 1. The van der Waals surface area contributed by atoms with E-state index in [2.05, 4.69) is 5.32 Å². The standard InChI is InChI=1S/C19H30N2O4/c1-14(20-19(22)21-10-8-6-5-7-9-11-21)15-12-16(23-2)18(25-4)17(13-15)24-3/h12-14H,5-11H2,1-4H3,(H,20,22).